The van der Waals surface area contributed by atoms with Crippen LogP contribution in [0.15, 0.2) is 16.7 Å². The van der Waals surface area contributed by atoms with Gasteiger partial charge in [0.2, 0.25) is 0 Å². The van der Waals surface area contributed by atoms with Gasteiger partial charge in [0.1, 0.15) is 11.4 Å². The van der Waals surface area contributed by atoms with Gasteiger partial charge in [0.05, 0.1) is 4.47 Å². The lowest BCUT2D eigenvalue weighted by atomic mass is 10.2. The molecule has 0 spiro atoms. The summed E-state index contributed by atoms with van der Waals surface area (Å²) in [6.45, 7) is 1.83. The maximum Gasteiger partial charge on any atom is 0.411 e. The lowest BCUT2D eigenvalue weighted by Crippen LogP contribution is -2.39. The van der Waals surface area contributed by atoms with Crippen molar-refractivity contribution in [2.24, 2.45) is 0 Å². The monoisotopic (exact) mass is 294 g/mol. The van der Waals surface area contributed by atoms with Gasteiger partial charge in [-0.3, -0.25) is 0 Å². The molecule has 0 aromatic carbocycles. The molecule has 1 fully saturated rings. The lowest BCUT2D eigenvalue weighted by molar-refractivity contribution is -0.151. The lowest BCUT2D eigenvalue weighted by Gasteiger charge is -2.21. The Morgan fingerprint density at radius 2 is 2.06 bits per heavy atom. The van der Waals surface area contributed by atoms with Gasteiger partial charge < -0.3 is 5.32 Å². The summed E-state index contributed by atoms with van der Waals surface area (Å²) in [5.41, 5.74) is -0.869. The molecule has 0 aliphatic heterocycles. The van der Waals surface area contributed by atoms with Crippen molar-refractivity contribution in [3.8, 4) is 0 Å². The molecule has 0 bridgehead atoms. The number of nitrogens with one attached hydrogen (secondary N) is 1. The van der Waals surface area contributed by atoms with Gasteiger partial charge in [-0.15, -0.1) is 0 Å². The summed E-state index contributed by atoms with van der Waals surface area (Å²) in [6.07, 6.45) is -2.46. The number of hydrogen-bond donors (Lipinski definition) is 1. The molecule has 1 aromatic heterocycles. The van der Waals surface area contributed by atoms with E-state index in [9.17, 15) is 13.2 Å². The number of hydrogen-bond acceptors (Lipinski definition) is 2. The minimum atomic E-state index is -4.22. The molecule has 0 atom stereocenters. The molecule has 88 valence electrons. The number of rotatable bonds is 2. The minimum absolute atomic E-state index is 0.110. The topological polar surface area (TPSA) is 24.9 Å². The summed E-state index contributed by atoms with van der Waals surface area (Å²) in [6, 6.07) is 1.74. The maximum absolute atomic E-state index is 12.7. The zero-order valence-electron chi connectivity index (χ0n) is 8.53. The van der Waals surface area contributed by atoms with E-state index in [1.54, 1.807) is 12.3 Å². The molecule has 1 aromatic rings. The average molecular weight is 295 g/mol. The van der Waals surface area contributed by atoms with Crippen molar-refractivity contribution in [2.75, 3.05) is 5.32 Å². The van der Waals surface area contributed by atoms with Gasteiger partial charge in [0.15, 0.2) is 0 Å². The van der Waals surface area contributed by atoms with Gasteiger partial charge in [-0.05, 0) is 47.3 Å². The SMILES string of the molecule is Cc1cnc(NC2(C(F)(F)F)CC2)c(Br)c1. The zero-order valence-corrected chi connectivity index (χ0v) is 10.1. The number of aromatic nitrogens is 1. The molecule has 0 amide bonds. The van der Waals surface area contributed by atoms with Crippen molar-refractivity contribution in [3.05, 3.63) is 22.3 Å². The van der Waals surface area contributed by atoms with E-state index in [0.717, 1.165) is 5.56 Å². The summed E-state index contributed by atoms with van der Waals surface area (Å²) in [5.74, 6) is 0.250. The van der Waals surface area contributed by atoms with Crippen LogP contribution in [0, 0.1) is 6.92 Å². The van der Waals surface area contributed by atoms with Crippen LogP contribution in [0.1, 0.15) is 18.4 Å². The molecule has 1 heterocycles. The molecule has 2 nitrogen and oxygen atoms in total. The third-order valence-corrected chi connectivity index (χ3v) is 3.23. The molecule has 0 unspecified atom stereocenters. The van der Waals surface area contributed by atoms with Crippen LogP contribution in [0.4, 0.5) is 19.0 Å². The highest BCUT2D eigenvalue weighted by atomic mass is 79.9. The van der Waals surface area contributed by atoms with Crippen LogP contribution >= 0.6 is 15.9 Å². The summed E-state index contributed by atoms with van der Waals surface area (Å²) >= 11 is 3.20. The Balaban J connectivity index is 2.22. The first kappa shape index (κ1) is 11.7. The molecule has 1 aliphatic rings. The van der Waals surface area contributed by atoms with Gasteiger partial charge in [-0.2, -0.15) is 13.2 Å². The van der Waals surface area contributed by atoms with Crippen LogP contribution in [0.25, 0.3) is 0 Å². The molecule has 6 heteroatoms. The minimum Gasteiger partial charge on any atom is -0.355 e. The molecule has 1 N–H and O–H groups in total. The van der Waals surface area contributed by atoms with Crippen molar-refractivity contribution >= 4 is 21.7 Å². The van der Waals surface area contributed by atoms with Crippen molar-refractivity contribution < 1.29 is 13.2 Å². The summed E-state index contributed by atoms with van der Waals surface area (Å²) in [7, 11) is 0. The van der Waals surface area contributed by atoms with Crippen LogP contribution in [0.5, 0.6) is 0 Å². The van der Waals surface area contributed by atoms with E-state index in [-0.39, 0.29) is 18.7 Å². The fraction of sp³-hybridized carbons (Fsp3) is 0.500. The van der Waals surface area contributed by atoms with Gasteiger partial charge in [0, 0.05) is 6.20 Å². The Hall–Kier alpha value is -0.780. The Kier molecular flexibility index (Phi) is 2.64. The fourth-order valence-corrected chi connectivity index (χ4v) is 2.02. The number of nitrogens with zero attached hydrogens (tertiary/aromatic N) is 1. The molecular weight excluding hydrogens is 285 g/mol. The standard InChI is InChI=1S/C10H10BrF3N2/c1-6-4-7(11)8(15-5-6)16-9(2-3-9)10(12,13)14/h4-5H,2-3H2,1H3,(H,15,16). The largest absolute Gasteiger partial charge is 0.411 e. The molecule has 16 heavy (non-hydrogen) atoms. The normalized spacial score (nSPS) is 18.3. The molecule has 1 aliphatic carbocycles. The smallest absolute Gasteiger partial charge is 0.355 e. The second-order valence-corrected chi connectivity index (χ2v) is 4.90. The van der Waals surface area contributed by atoms with E-state index < -0.39 is 11.7 Å². The number of pyridine rings is 1. The van der Waals surface area contributed by atoms with Crippen molar-refractivity contribution in [1.82, 2.24) is 4.98 Å². The van der Waals surface area contributed by atoms with E-state index in [2.05, 4.69) is 26.2 Å². The van der Waals surface area contributed by atoms with Gasteiger partial charge >= 0.3 is 6.18 Å². The molecular formula is C10H10BrF3N2. The Morgan fingerprint density at radius 3 is 2.50 bits per heavy atom. The third-order valence-electron chi connectivity index (χ3n) is 2.63. The fourth-order valence-electron chi connectivity index (χ4n) is 1.46. The van der Waals surface area contributed by atoms with Crippen molar-refractivity contribution in [1.29, 1.82) is 0 Å². The Labute approximate surface area is 99.4 Å². The highest BCUT2D eigenvalue weighted by Gasteiger charge is 2.63. The maximum atomic E-state index is 12.7. The van der Waals surface area contributed by atoms with Crippen molar-refractivity contribution in [3.63, 3.8) is 0 Å². The summed E-state index contributed by atoms with van der Waals surface area (Å²) in [4.78, 5) is 3.96. The van der Waals surface area contributed by atoms with Crippen LogP contribution in [-0.2, 0) is 0 Å². The Bertz CT molecular complexity index is 413. The highest BCUT2D eigenvalue weighted by Crippen LogP contribution is 2.51. The number of alkyl halides is 3. The van der Waals surface area contributed by atoms with Crippen LogP contribution in [0.3, 0.4) is 0 Å². The molecule has 0 radical (unpaired) electrons. The molecule has 1 saturated carbocycles. The van der Waals surface area contributed by atoms with E-state index in [0.29, 0.717) is 4.47 Å². The van der Waals surface area contributed by atoms with E-state index >= 15 is 0 Å². The summed E-state index contributed by atoms with van der Waals surface area (Å²) in [5, 5.41) is 2.48. The Morgan fingerprint density at radius 1 is 1.44 bits per heavy atom. The van der Waals surface area contributed by atoms with E-state index in [4.69, 9.17) is 0 Å². The predicted octanol–water partition coefficient (Wildman–Crippen LogP) is 3.66. The molecule has 2 rings (SSSR count). The first-order valence-corrected chi connectivity index (χ1v) is 5.60. The van der Waals surface area contributed by atoms with Crippen LogP contribution in [0.2, 0.25) is 0 Å². The predicted molar refractivity (Wildman–Crippen MR) is 58.3 cm³/mol. The first-order chi connectivity index (χ1) is 7.34. The van der Waals surface area contributed by atoms with Gasteiger partial charge in [-0.1, -0.05) is 0 Å². The van der Waals surface area contributed by atoms with E-state index in [1.807, 2.05) is 6.92 Å². The number of halogens is 4. The van der Waals surface area contributed by atoms with Gasteiger partial charge in [-0.25, -0.2) is 4.98 Å². The zero-order chi connectivity index (χ0) is 12.0. The van der Waals surface area contributed by atoms with Gasteiger partial charge in [0.25, 0.3) is 0 Å². The molecule has 0 saturated heterocycles. The third kappa shape index (κ3) is 2.03. The number of aryl methyl sites for hydroxylation is 1. The quantitative estimate of drug-likeness (QED) is 0.900. The average Bonchev–Trinajstić information content (AvgIpc) is 2.90. The first-order valence-electron chi connectivity index (χ1n) is 4.81. The second-order valence-electron chi connectivity index (χ2n) is 4.05. The van der Waals surface area contributed by atoms with Crippen LogP contribution in [-0.4, -0.2) is 16.7 Å². The number of anilines is 1. The van der Waals surface area contributed by atoms with E-state index in [1.165, 1.54) is 0 Å². The second kappa shape index (κ2) is 3.61. The highest BCUT2D eigenvalue weighted by molar-refractivity contribution is 9.10. The summed E-state index contributed by atoms with van der Waals surface area (Å²) < 4.78 is 38.6. The van der Waals surface area contributed by atoms with Crippen LogP contribution < -0.4 is 5.32 Å². The van der Waals surface area contributed by atoms with Crippen molar-refractivity contribution in [2.45, 2.75) is 31.5 Å².